The van der Waals surface area contributed by atoms with Crippen LogP contribution in [-0.2, 0) is 4.79 Å². The number of nitrogens with one attached hydrogen (secondary N) is 2. The molecule has 1 saturated heterocycles. The molecule has 5 nitrogen and oxygen atoms in total. The van der Waals surface area contributed by atoms with E-state index in [1.54, 1.807) is 0 Å². The predicted octanol–water partition coefficient (Wildman–Crippen LogP) is -1.85. The van der Waals surface area contributed by atoms with E-state index in [0.717, 1.165) is 0 Å². The van der Waals surface area contributed by atoms with E-state index >= 15 is 0 Å². The van der Waals surface area contributed by atoms with Gasteiger partial charge in [-0.1, -0.05) is 0 Å². The van der Waals surface area contributed by atoms with Crippen LogP contribution in [0.5, 0.6) is 0 Å². The third-order valence-corrected chi connectivity index (χ3v) is 1.09. The normalized spacial score (nSPS) is 25.7. The van der Waals surface area contributed by atoms with Crippen LogP contribution in [-0.4, -0.2) is 24.5 Å². The number of hydrogen-bond donors (Lipinski definition) is 3. The zero-order chi connectivity index (χ0) is 6.85. The van der Waals surface area contributed by atoms with E-state index in [1.165, 1.54) is 0 Å². The van der Waals surface area contributed by atoms with Gasteiger partial charge < -0.3 is 11.1 Å². The lowest BCUT2D eigenvalue weighted by molar-refractivity contribution is -0.119. The summed E-state index contributed by atoms with van der Waals surface area (Å²) in [6.45, 7) is 0.150. The smallest absolute Gasteiger partial charge is 0.322 e. The van der Waals surface area contributed by atoms with Gasteiger partial charge in [0.1, 0.15) is 6.04 Å². The van der Waals surface area contributed by atoms with Gasteiger partial charge in [-0.3, -0.25) is 10.1 Å². The van der Waals surface area contributed by atoms with Crippen LogP contribution in [0.15, 0.2) is 0 Å². The van der Waals surface area contributed by atoms with Crippen molar-refractivity contribution in [3.8, 4) is 0 Å². The first-order valence-corrected chi connectivity index (χ1v) is 2.55. The molecule has 4 N–H and O–H groups in total. The van der Waals surface area contributed by atoms with Gasteiger partial charge in [0.25, 0.3) is 5.91 Å². The number of rotatable bonds is 1. The van der Waals surface area contributed by atoms with Crippen molar-refractivity contribution < 1.29 is 9.59 Å². The van der Waals surface area contributed by atoms with Crippen LogP contribution in [0.25, 0.3) is 0 Å². The molecule has 9 heavy (non-hydrogen) atoms. The summed E-state index contributed by atoms with van der Waals surface area (Å²) in [4.78, 5) is 20.9. The molecule has 0 aliphatic carbocycles. The van der Waals surface area contributed by atoms with Gasteiger partial charge in [-0.25, -0.2) is 4.79 Å². The lowest BCUT2D eigenvalue weighted by atomic mass is 10.3. The highest BCUT2D eigenvalue weighted by molar-refractivity contribution is 6.04. The fraction of sp³-hybridized carbons (Fsp3) is 0.500. The van der Waals surface area contributed by atoms with E-state index in [-0.39, 0.29) is 12.5 Å². The molecule has 1 aliphatic rings. The van der Waals surface area contributed by atoms with Gasteiger partial charge in [0.15, 0.2) is 0 Å². The van der Waals surface area contributed by atoms with E-state index in [0.29, 0.717) is 0 Å². The highest BCUT2D eigenvalue weighted by Gasteiger charge is 2.27. The second-order valence-electron chi connectivity index (χ2n) is 1.75. The zero-order valence-electron chi connectivity index (χ0n) is 4.68. The Morgan fingerprint density at radius 3 is 2.44 bits per heavy atom. The molecule has 1 atom stereocenters. The van der Waals surface area contributed by atoms with Crippen molar-refractivity contribution in [2.45, 2.75) is 6.04 Å². The Hall–Kier alpha value is -1.10. The summed E-state index contributed by atoms with van der Waals surface area (Å²) in [5.41, 5.74) is 5.11. The monoisotopic (exact) mass is 129 g/mol. The molecule has 0 aromatic carbocycles. The lowest BCUT2D eigenvalue weighted by Gasteiger charge is -1.98. The Balaban J connectivity index is 2.58. The van der Waals surface area contributed by atoms with Crippen LogP contribution in [0.3, 0.4) is 0 Å². The van der Waals surface area contributed by atoms with Crippen molar-refractivity contribution in [1.29, 1.82) is 0 Å². The van der Waals surface area contributed by atoms with Gasteiger partial charge in [0, 0.05) is 6.54 Å². The molecule has 0 saturated carbocycles. The molecule has 1 rings (SSSR count). The van der Waals surface area contributed by atoms with Crippen LogP contribution in [0.1, 0.15) is 0 Å². The molecule has 50 valence electrons. The van der Waals surface area contributed by atoms with Crippen LogP contribution >= 0.6 is 0 Å². The summed E-state index contributed by atoms with van der Waals surface area (Å²) in [5, 5.41) is 4.38. The molecule has 0 aromatic rings. The summed E-state index contributed by atoms with van der Waals surface area (Å²) in [6.07, 6.45) is 0. The fourth-order valence-corrected chi connectivity index (χ4v) is 0.625. The van der Waals surface area contributed by atoms with E-state index in [1.807, 2.05) is 5.32 Å². The first-order chi connectivity index (χ1) is 4.24. The highest BCUT2D eigenvalue weighted by Crippen LogP contribution is 1.88. The molecule has 1 aliphatic heterocycles. The van der Waals surface area contributed by atoms with Gasteiger partial charge in [-0.05, 0) is 0 Å². The molecule has 5 heteroatoms. The molecule has 0 radical (unpaired) electrons. The topological polar surface area (TPSA) is 84.2 Å². The van der Waals surface area contributed by atoms with Gasteiger partial charge in [0.2, 0.25) is 0 Å². The first-order valence-electron chi connectivity index (χ1n) is 2.55. The lowest BCUT2D eigenvalue weighted by Crippen LogP contribution is -2.36. The number of nitrogens with two attached hydrogens (primary N) is 1. The van der Waals surface area contributed by atoms with Gasteiger partial charge >= 0.3 is 6.03 Å². The quantitative estimate of drug-likeness (QED) is 0.363. The maximum atomic E-state index is 10.5. The van der Waals surface area contributed by atoms with E-state index in [4.69, 9.17) is 5.73 Å². The molecule has 0 spiro atoms. The zero-order valence-corrected chi connectivity index (χ0v) is 4.68. The number of carbonyl (C=O) groups is 2. The Labute approximate surface area is 51.6 Å². The fourth-order valence-electron chi connectivity index (χ4n) is 0.625. The average Bonchev–Trinajstić information content (AvgIpc) is 2.10. The van der Waals surface area contributed by atoms with Crippen LogP contribution in [0.4, 0.5) is 4.79 Å². The standard InChI is InChI=1S/C4H7N3O2/c5-1-2-3(8)7-4(9)6-2/h2H,1,5H2,(H2,6,7,8,9)/t2-/m0/s1. The predicted molar refractivity (Wildman–Crippen MR) is 29.5 cm³/mol. The summed E-state index contributed by atoms with van der Waals surface area (Å²) in [5.74, 6) is -0.345. The van der Waals surface area contributed by atoms with E-state index in [2.05, 4.69) is 5.32 Å². The SMILES string of the molecule is NC[C@@H]1NC(=O)NC1=O. The molecule has 1 fully saturated rings. The van der Waals surface area contributed by atoms with Crippen molar-refractivity contribution in [2.75, 3.05) is 6.54 Å². The maximum absolute atomic E-state index is 10.5. The van der Waals surface area contributed by atoms with Crippen LogP contribution in [0.2, 0.25) is 0 Å². The number of urea groups is 1. The van der Waals surface area contributed by atoms with Crippen molar-refractivity contribution in [1.82, 2.24) is 10.6 Å². The number of hydrogen-bond acceptors (Lipinski definition) is 3. The minimum atomic E-state index is -0.530. The van der Waals surface area contributed by atoms with E-state index in [9.17, 15) is 9.59 Å². The molecule has 0 bridgehead atoms. The Morgan fingerprint density at radius 1 is 1.56 bits per heavy atom. The molecular weight excluding hydrogens is 122 g/mol. The van der Waals surface area contributed by atoms with Crippen LogP contribution in [0, 0.1) is 0 Å². The summed E-state index contributed by atoms with van der Waals surface area (Å²) in [6, 6.07) is -0.993. The van der Waals surface area contributed by atoms with Crippen molar-refractivity contribution in [3.05, 3.63) is 0 Å². The van der Waals surface area contributed by atoms with Crippen LogP contribution < -0.4 is 16.4 Å². The largest absolute Gasteiger partial charge is 0.328 e. The second kappa shape index (κ2) is 2.02. The second-order valence-corrected chi connectivity index (χ2v) is 1.75. The number of amides is 3. The highest BCUT2D eigenvalue weighted by atomic mass is 16.2. The molecule has 0 aromatic heterocycles. The number of imide groups is 1. The minimum Gasteiger partial charge on any atom is -0.328 e. The first kappa shape index (κ1) is 6.03. The molecule has 3 amide bonds. The average molecular weight is 129 g/mol. The minimum absolute atomic E-state index is 0.150. The van der Waals surface area contributed by atoms with Crippen molar-refractivity contribution >= 4 is 11.9 Å². The molecule has 0 unspecified atom stereocenters. The Kier molecular flexibility index (Phi) is 1.35. The van der Waals surface area contributed by atoms with Crippen molar-refractivity contribution in [2.24, 2.45) is 5.73 Å². The van der Waals surface area contributed by atoms with Crippen molar-refractivity contribution in [3.63, 3.8) is 0 Å². The number of carbonyl (C=O) groups excluding carboxylic acids is 2. The molecular formula is C4H7N3O2. The maximum Gasteiger partial charge on any atom is 0.322 e. The summed E-state index contributed by atoms with van der Waals surface area (Å²) in [7, 11) is 0. The summed E-state index contributed by atoms with van der Waals surface area (Å²) >= 11 is 0. The van der Waals surface area contributed by atoms with Gasteiger partial charge in [-0.15, -0.1) is 0 Å². The third kappa shape index (κ3) is 0.996. The Morgan fingerprint density at radius 2 is 2.22 bits per heavy atom. The van der Waals surface area contributed by atoms with E-state index < -0.39 is 12.1 Å². The molecule has 1 heterocycles. The Bertz CT molecular complexity index is 156. The van der Waals surface area contributed by atoms with Gasteiger partial charge in [-0.2, -0.15) is 0 Å². The summed E-state index contributed by atoms with van der Waals surface area (Å²) < 4.78 is 0. The van der Waals surface area contributed by atoms with Gasteiger partial charge in [0.05, 0.1) is 0 Å². The third-order valence-electron chi connectivity index (χ3n) is 1.09.